The van der Waals surface area contributed by atoms with Crippen molar-refractivity contribution in [3.8, 4) is 16.9 Å². The molecule has 3 heteroatoms. The lowest BCUT2D eigenvalue weighted by Gasteiger charge is -2.22. The van der Waals surface area contributed by atoms with Gasteiger partial charge in [-0.25, -0.2) is 8.78 Å². The third kappa shape index (κ3) is 1.43. The molecule has 2 aromatic carbocycles. The van der Waals surface area contributed by atoms with E-state index in [0.29, 0.717) is 22.3 Å². The van der Waals surface area contributed by atoms with Gasteiger partial charge in [0.15, 0.2) is 11.6 Å². The van der Waals surface area contributed by atoms with E-state index in [0.717, 1.165) is 5.56 Å². The van der Waals surface area contributed by atoms with Gasteiger partial charge in [-0.15, -0.1) is 0 Å². The van der Waals surface area contributed by atoms with Crippen LogP contribution in [0, 0.1) is 25.5 Å². The molecule has 0 amide bonds. The predicted molar refractivity (Wildman–Crippen MR) is 65.6 cm³/mol. The highest BCUT2D eigenvalue weighted by atomic mass is 19.1. The SMILES string of the molecule is Cc1ccc2c(c1F)COc1c-2ccc(C)c1F. The van der Waals surface area contributed by atoms with E-state index in [9.17, 15) is 8.78 Å². The van der Waals surface area contributed by atoms with Crippen molar-refractivity contribution in [2.24, 2.45) is 0 Å². The standard InChI is InChI=1S/C15H12F2O/c1-8-3-5-10-11-6-4-9(2)14(17)15(11)18-7-12(10)13(8)16/h3-6H,7H2,1-2H3. The average molecular weight is 246 g/mol. The Morgan fingerprint density at radius 1 is 0.889 bits per heavy atom. The molecule has 1 aliphatic rings. The highest BCUT2D eigenvalue weighted by Crippen LogP contribution is 2.41. The van der Waals surface area contributed by atoms with Gasteiger partial charge in [0.1, 0.15) is 12.4 Å². The molecule has 0 aromatic heterocycles. The molecule has 0 radical (unpaired) electrons. The lowest BCUT2D eigenvalue weighted by atomic mass is 9.94. The number of aryl methyl sites for hydroxylation is 2. The summed E-state index contributed by atoms with van der Waals surface area (Å²) < 4.78 is 33.3. The molecule has 0 atom stereocenters. The summed E-state index contributed by atoms with van der Waals surface area (Å²) in [5, 5.41) is 0. The Morgan fingerprint density at radius 2 is 1.50 bits per heavy atom. The first-order chi connectivity index (χ1) is 8.59. The summed E-state index contributed by atoms with van der Waals surface area (Å²) in [6.07, 6.45) is 0. The molecule has 3 rings (SSSR count). The van der Waals surface area contributed by atoms with Crippen LogP contribution in [-0.4, -0.2) is 0 Å². The largest absolute Gasteiger partial charge is 0.485 e. The van der Waals surface area contributed by atoms with E-state index in [4.69, 9.17) is 4.74 Å². The van der Waals surface area contributed by atoms with Gasteiger partial charge in [-0.1, -0.05) is 24.3 Å². The molecule has 0 spiro atoms. The van der Waals surface area contributed by atoms with Crippen molar-refractivity contribution in [3.05, 3.63) is 52.6 Å². The zero-order chi connectivity index (χ0) is 12.9. The number of benzene rings is 2. The summed E-state index contributed by atoms with van der Waals surface area (Å²) in [7, 11) is 0. The van der Waals surface area contributed by atoms with Crippen LogP contribution in [0.2, 0.25) is 0 Å². The predicted octanol–water partition coefficient (Wildman–Crippen LogP) is 4.14. The number of hydrogen-bond acceptors (Lipinski definition) is 1. The van der Waals surface area contributed by atoms with Gasteiger partial charge >= 0.3 is 0 Å². The lowest BCUT2D eigenvalue weighted by Crippen LogP contribution is -2.10. The number of ether oxygens (including phenoxy) is 1. The lowest BCUT2D eigenvalue weighted by molar-refractivity contribution is 0.280. The van der Waals surface area contributed by atoms with Crippen LogP contribution in [-0.2, 0) is 6.61 Å². The van der Waals surface area contributed by atoms with Crippen LogP contribution in [0.1, 0.15) is 16.7 Å². The minimum atomic E-state index is -0.362. The van der Waals surface area contributed by atoms with Gasteiger partial charge in [0.25, 0.3) is 0 Å². The first-order valence-corrected chi connectivity index (χ1v) is 5.80. The molecule has 0 saturated heterocycles. The van der Waals surface area contributed by atoms with Crippen molar-refractivity contribution in [2.45, 2.75) is 20.5 Å². The first-order valence-electron chi connectivity index (χ1n) is 5.80. The van der Waals surface area contributed by atoms with Gasteiger partial charge in [0, 0.05) is 11.1 Å². The summed E-state index contributed by atoms with van der Waals surface area (Å²) >= 11 is 0. The molecule has 1 heterocycles. The van der Waals surface area contributed by atoms with E-state index >= 15 is 0 Å². The Morgan fingerprint density at radius 3 is 2.22 bits per heavy atom. The molecule has 0 N–H and O–H groups in total. The van der Waals surface area contributed by atoms with Crippen molar-refractivity contribution in [1.82, 2.24) is 0 Å². The first kappa shape index (κ1) is 11.2. The second kappa shape index (κ2) is 3.80. The Hall–Kier alpha value is -1.90. The maximum absolute atomic E-state index is 14.0. The van der Waals surface area contributed by atoms with Crippen molar-refractivity contribution in [3.63, 3.8) is 0 Å². The molecule has 0 bridgehead atoms. The zero-order valence-corrected chi connectivity index (χ0v) is 10.2. The number of halogens is 2. The summed E-state index contributed by atoms with van der Waals surface area (Å²) in [5.74, 6) is -0.399. The van der Waals surface area contributed by atoms with Gasteiger partial charge < -0.3 is 4.74 Å². The maximum Gasteiger partial charge on any atom is 0.168 e. The summed E-state index contributed by atoms with van der Waals surface area (Å²) in [5.41, 5.74) is 2.96. The van der Waals surface area contributed by atoms with Gasteiger partial charge in [0.05, 0.1) is 0 Å². The Bertz CT molecular complexity index is 590. The number of fused-ring (bicyclic) bond motifs is 3. The number of hydrogen-bond donors (Lipinski definition) is 0. The van der Waals surface area contributed by atoms with Crippen molar-refractivity contribution < 1.29 is 13.5 Å². The third-order valence-electron chi connectivity index (χ3n) is 3.38. The molecule has 1 aliphatic heterocycles. The Kier molecular flexibility index (Phi) is 2.37. The van der Waals surface area contributed by atoms with E-state index < -0.39 is 0 Å². The third-order valence-corrected chi connectivity index (χ3v) is 3.38. The van der Waals surface area contributed by atoms with Gasteiger partial charge in [-0.05, 0) is 30.5 Å². The van der Waals surface area contributed by atoms with Crippen LogP contribution >= 0.6 is 0 Å². The minimum Gasteiger partial charge on any atom is -0.485 e. The molecule has 0 aliphatic carbocycles. The molecule has 0 fully saturated rings. The number of rotatable bonds is 0. The molecule has 2 aromatic rings. The van der Waals surface area contributed by atoms with E-state index in [2.05, 4.69) is 0 Å². The van der Waals surface area contributed by atoms with Crippen LogP contribution in [0.3, 0.4) is 0 Å². The van der Waals surface area contributed by atoms with Crippen LogP contribution < -0.4 is 4.74 Å². The topological polar surface area (TPSA) is 9.23 Å². The van der Waals surface area contributed by atoms with Crippen LogP contribution in [0.25, 0.3) is 11.1 Å². The van der Waals surface area contributed by atoms with Crippen molar-refractivity contribution in [1.29, 1.82) is 0 Å². The van der Waals surface area contributed by atoms with Crippen LogP contribution in [0.15, 0.2) is 24.3 Å². The van der Waals surface area contributed by atoms with E-state index in [1.54, 1.807) is 32.0 Å². The van der Waals surface area contributed by atoms with Crippen molar-refractivity contribution in [2.75, 3.05) is 0 Å². The fourth-order valence-corrected chi connectivity index (χ4v) is 2.28. The second-order valence-electron chi connectivity index (χ2n) is 4.58. The summed E-state index contributed by atoms with van der Waals surface area (Å²) in [6.45, 7) is 3.47. The fraction of sp³-hybridized carbons (Fsp3) is 0.200. The molecular formula is C15H12F2O. The van der Waals surface area contributed by atoms with E-state index in [1.165, 1.54) is 0 Å². The fourth-order valence-electron chi connectivity index (χ4n) is 2.28. The zero-order valence-electron chi connectivity index (χ0n) is 10.2. The Balaban J connectivity index is 2.31. The molecule has 92 valence electrons. The van der Waals surface area contributed by atoms with Gasteiger partial charge in [-0.3, -0.25) is 0 Å². The summed E-state index contributed by atoms with van der Waals surface area (Å²) in [6, 6.07) is 7.00. The molecule has 0 saturated carbocycles. The van der Waals surface area contributed by atoms with E-state index in [1.807, 2.05) is 6.07 Å². The second-order valence-corrected chi connectivity index (χ2v) is 4.58. The van der Waals surface area contributed by atoms with Crippen LogP contribution in [0.5, 0.6) is 5.75 Å². The average Bonchev–Trinajstić information content (AvgIpc) is 2.38. The molecular weight excluding hydrogens is 234 g/mol. The van der Waals surface area contributed by atoms with Gasteiger partial charge in [0.2, 0.25) is 0 Å². The highest BCUT2D eigenvalue weighted by Gasteiger charge is 2.24. The molecule has 18 heavy (non-hydrogen) atoms. The molecule has 0 unspecified atom stereocenters. The smallest absolute Gasteiger partial charge is 0.168 e. The normalized spacial score (nSPS) is 12.7. The molecule has 1 nitrogen and oxygen atoms in total. The quantitative estimate of drug-likeness (QED) is 0.678. The van der Waals surface area contributed by atoms with Crippen LogP contribution in [0.4, 0.5) is 8.78 Å². The highest BCUT2D eigenvalue weighted by molar-refractivity contribution is 5.76. The maximum atomic E-state index is 14.0. The monoisotopic (exact) mass is 246 g/mol. The Labute approximate surface area is 104 Å². The van der Waals surface area contributed by atoms with Crippen molar-refractivity contribution >= 4 is 0 Å². The van der Waals surface area contributed by atoms with Gasteiger partial charge in [-0.2, -0.15) is 0 Å². The van der Waals surface area contributed by atoms with E-state index in [-0.39, 0.29) is 24.0 Å². The minimum absolute atomic E-state index is 0.0796. The summed E-state index contributed by atoms with van der Waals surface area (Å²) in [4.78, 5) is 0.